The topological polar surface area (TPSA) is 75.0 Å². The third kappa shape index (κ3) is 3.26. The lowest BCUT2D eigenvalue weighted by Gasteiger charge is -2.13. The lowest BCUT2D eigenvalue weighted by Crippen LogP contribution is -2.24. The average molecular weight is 354 g/mol. The zero-order valence-corrected chi connectivity index (χ0v) is 14.6. The molecule has 6 nitrogen and oxygen atoms in total. The van der Waals surface area contributed by atoms with Gasteiger partial charge in [0.1, 0.15) is 23.3 Å². The maximum absolute atomic E-state index is 12.9. The molecule has 3 rings (SSSR count). The highest BCUT2D eigenvalue weighted by molar-refractivity contribution is 5.84. The first kappa shape index (κ1) is 17.5. The van der Waals surface area contributed by atoms with Crippen LogP contribution in [0.25, 0.3) is 22.1 Å². The summed E-state index contributed by atoms with van der Waals surface area (Å²) in [5, 5.41) is 0.409. The van der Waals surface area contributed by atoms with Crippen molar-refractivity contribution in [3.8, 4) is 22.6 Å². The summed E-state index contributed by atoms with van der Waals surface area (Å²) in [4.78, 5) is 24.3. The zero-order valence-electron chi connectivity index (χ0n) is 14.6. The molecule has 0 bridgehead atoms. The molecule has 6 heteroatoms. The summed E-state index contributed by atoms with van der Waals surface area (Å²) >= 11 is 0. The lowest BCUT2D eigenvalue weighted by molar-refractivity contribution is -0.147. The molecule has 26 heavy (non-hydrogen) atoms. The largest absolute Gasteiger partial charge is 0.496 e. The number of ether oxygens (including phenoxy) is 3. The van der Waals surface area contributed by atoms with Gasteiger partial charge in [-0.1, -0.05) is 18.2 Å². The highest BCUT2D eigenvalue weighted by Gasteiger charge is 2.17. The van der Waals surface area contributed by atoms with Gasteiger partial charge in [-0.25, -0.2) is 4.79 Å². The lowest BCUT2D eigenvalue weighted by atomic mass is 10.0. The van der Waals surface area contributed by atoms with E-state index in [-0.39, 0.29) is 5.43 Å². The van der Waals surface area contributed by atoms with Crippen LogP contribution in [0, 0.1) is 0 Å². The van der Waals surface area contributed by atoms with Crippen LogP contribution < -0.4 is 14.9 Å². The van der Waals surface area contributed by atoms with Crippen LogP contribution in [-0.2, 0) is 9.53 Å². The number of carbonyl (C=O) groups excluding carboxylic acids is 1. The highest BCUT2D eigenvalue weighted by atomic mass is 16.6. The monoisotopic (exact) mass is 354 g/mol. The summed E-state index contributed by atoms with van der Waals surface area (Å²) in [7, 11) is 2.84. The van der Waals surface area contributed by atoms with Crippen LogP contribution in [-0.4, -0.2) is 26.3 Å². The van der Waals surface area contributed by atoms with Gasteiger partial charge >= 0.3 is 5.97 Å². The smallest absolute Gasteiger partial charge is 0.346 e. The van der Waals surface area contributed by atoms with Crippen molar-refractivity contribution in [2.24, 2.45) is 0 Å². The second-order valence-electron chi connectivity index (χ2n) is 5.62. The number of rotatable bonds is 5. The Morgan fingerprint density at radius 1 is 1.08 bits per heavy atom. The number of fused-ring (bicyclic) bond motifs is 1. The van der Waals surface area contributed by atoms with Gasteiger partial charge in [0, 0.05) is 11.6 Å². The van der Waals surface area contributed by atoms with E-state index in [1.54, 1.807) is 44.4 Å². The molecule has 0 amide bonds. The van der Waals surface area contributed by atoms with Crippen LogP contribution in [0.2, 0.25) is 0 Å². The quantitative estimate of drug-likeness (QED) is 0.654. The summed E-state index contributed by atoms with van der Waals surface area (Å²) in [6.07, 6.45) is 0.632. The van der Waals surface area contributed by atoms with Gasteiger partial charge in [-0.2, -0.15) is 0 Å². The van der Waals surface area contributed by atoms with Crippen LogP contribution in [0.15, 0.2) is 57.9 Å². The van der Waals surface area contributed by atoms with Crippen molar-refractivity contribution >= 4 is 16.9 Å². The molecule has 3 aromatic rings. The highest BCUT2D eigenvalue weighted by Crippen LogP contribution is 2.29. The summed E-state index contributed by atoms with van der Waals surface area (Å²) in [5.41, 5.74) is 1.25. The van der Waals surface area contributed by atoms with Crippen LogP contribution in [0.1, 0.15) is 6.92 Å². The first-order valence-corrected chi connectivity index (χ1v) is 7.98. The van der Waals surface area contributed by atoms with Crippen molar-refractivity contribution in [3.05, 3.63) is 59.0 Å². The molecule has 0 radical (unpaired) electrons. The van der Waals surface area contributed by atoms with Gasteiger partial charge in [0.05, 0.1) is 25.2 Å². The van der Waals surface area contributed by atoms with E-state index in [1.165, 1.54) is 13.4 Å². The van der Waals surface area contributed by atoms with Crippen molar-refractivity contribution in [1.29, 1.82) is 0 Å². The molecule has 0 aliphatic heterocycles. The summed E-state index contributed by atoms with van der Waals surface area (Å²) in [5.74, 6) is 0.507. The average Bonchev–Trinajstić information content (AvgIpc) is 2.67. The van der Waals surface area contributed by atoms with Gasteiger partial charge in [-0.3, -0.25) is 4.79 Å². The van der Waals surface area contributed by atoms with Gasteiger partial charge in [0.15, 0.2) is 6.10 Å². The first-order chi connectivity index (χ1) is 12.5. The van der Waals surface area contributed by atoms with E-state index in [1.807, 2.05) is 12.1 Å². The van der Waals surface area contributed by atoms with Crippen molar-refractivity contribution in [3.63, 3.8) is 0 Å². The Morgan fingerprint density at radius 2 is 1.85 bits per heavy atom. The Labute approximate surface area is 149 Å². The van der Waals surface area contributed by atoms with Gasteiger partial charge in [0.2, 0.25) is 5.43 Å². The number of methoxy groups -OCH3 is 2. The molecule has 0 N–H and O–H groups in total. The van der Waals surface area contributed by atoms with Crippen LogP contribution in [0.4, 0.5) is 0 Å². The van der Waals surface area contributed by atoms with E-state index in [0.717, 1.165) is 0 Å². The molecule has 134 valence electrons. The number of esters is 1. The Hall–Kier alpha value is -3.28. The van der Waals surface area contributed by atoms with E-state index < -0.39 is 12.1 Å². The minimum absolute atomic E-state index is 0.177. The third-order valence-electron chi connectivity index (χ3n) is 3.99. The van der Waals surface area contributed by atoms with Crippen molar-refractivity contribution in [2.45, 2.75) is 13.0 Å². The molecular formula is C20H18O6. The van der Waals surface area contributed by atoms with Crippen molar-refractivity contribution in [2.75, 3.05) is 14.2 Å². The molecule has 1 heterocycles. The maximum Gasteiger partial charge on any atom is 0.346 e. The molecule has 2 aromatic carbocycles. The standard InChI is InChI=1S/C20H18O6/c1-12(20(22)24-3)26-13-8-9-15-18(10-13)25-11-16(19(15)21)14-6-4-5-7-17(14)23-2/h4-12H,1-3H3. The van der Waals surface area contributed by atoms with Crippen LogP contribution in [0.5, 0.6) is 11.5 Å². The molecule has 1 aromatic heterocycles. The fraction of sp³-hybridized carbons (Fsp3) is 0.200. The number of hydrogen-bond donors (Lipinski definition) is 0. The van der Waals surface area contributed by atoms with Crippen molar-refractivity contribution < 1.29 is 23.4 Å². The summed E-state index contributed by atoms with van der Waals surface area (Å²) < 4.78 is 21.1. The summed E-state index contributed by atoms with van der Waals surface area (Å²) in [6.45, 7) is 1.58. The first-order valence-electron chi connectivity index (χ1n) is 7.98. The SMILES string of the molecule is COC(=O)C(C)Oc1ccc2c(=O)c(-c3ccccc3OC)coc2c1. The normalized spacial score (nSPS) is 11.8. The molecular weight excluding hydrogens is 336 g/mol. The van der Waals surface area contributed by atoms with Gasteiger partial charge in [0.25, 0.3) is 0 Å². The van der Waals surface area contributed by atoms with E-state index in [4.69, 9.17) is 13.9 Å². The number of carbonyl (C=O) groups is 1. The second kappa shape index (κ2) is 7.31. The Balaban J connectivity index is 2.02. The fourth-order valence-electron chi connectivity index (χ4n) is 2.65. The Morgan fingerprint density at radius 3 is 2.58 bits per heavy atom. The van der Waals surface area contributed by atoms with Gasteiger partial charge in [-0.15, -0.1) is 0 Å². The predicted molar refractivity (Wildman–Crippen MR) is 96.6 cm³/mol. The van der Waals surface area contributed by atoms with E-state index in [9.17, 15) is 9.59 Å². The molecule has 1 atom stereocenters. The van der Waals surface area contributed by atoms with E-state index in [2.05, 4.69) is 4.74 Å². The predicted octanol–water partition coefficient (Wildman–Crippen LogP) is 3.41. The molecule has 0 aliphatic carbocycles. The summed E-state index contributed by atoms with van der Waals surface area (Å²) in [6, 6.07) is 12.0. The van der Waals surface area contributed by atoms with E-state index in [0.29, 0.717) is 33.6 Å². The molecule has 0 fully saturated rings. The molecule has 0 saturated heterocycles. The Kier molecular flexibility index (Phi) is 4.93. The molecule has 0 aliphatic rings. The minimum Gasteiger partial charge on any atom is -0.496 e. The number of para-hydroxylation sites is 1. The molecule has 1 unspecified atom stereocenters. The molecule has 0 saturated carbocycles. The minimum atomic E-state index is -0.767. The maximum atomic E-state index is 12.9. The molecule has 0 spiro atoms. The van der Waals surface area contributed by atoms with Crippen LogP contribution >= 0.6 is 0 Å². The Bertz CT molecular complexity index is 1000. The van der Waals surface area contributed by atoms with Crippen LogP contribution in [0.3, 0.4) is 0 Å². The van der Waals surface area contributed by atoms with E-state index >= 15 is 0 Å². The van der Waals surface area contributed by atoms with Gasteiger partial charge < -0.3 is 18.6 Å². The fourth-order valence-corrected chi connectivity index (χ4v) is 2.65. The third-order valence-corrected chi connectivity index (χ3v) is 3.99. The number of hydrogen-bond acceptors (Lipinski definition) is 6. The van der Waals surface area contributed by atoms with Crippen molar-refractivity contribution in [1.82, 2.24) is 0 Å². The zero-order chi connectivity index (χ0) is 18.7. The number of benzene rings is 2. The second-order valence-corrected chi connectivity index (χ2v) is 5.62. The van der Waals surface area contributed by atoms with Gasteiger partial charge in [-0.05, 0) is 25.1 Å².